The Hall–Kier alpha value is -2.53. The molecule has 0 bridgehead atoms. The maximum absolute atomic E-state index is 12.4. The average molecular weight is 335 g/mol. The number of fused-ring (bicyclic) bond motifs is 1. The summed E-state index contributed by atoms with van der Waals surface area (Å²) in [6, 6.07) is 18.2. The van der Waals surface area contributed by atoms with E-state index < -0.39 is 0 Å². The van der Waals surface area contributed by atoms with Gasteiger partial charge in [0.1, 0.15) is 0 Å². The Morgan fingerprint density at radius 3 is 2.79 bits per heavy atom. The molecule has 1 amide bonds. The van der Waals surface area contributed by atoms with E-state index in [1.165, 1.54) is 22.7 Å². The van der Waals surface area contributed by atoms with Crippen LogP contribution in [0.2, 0.25) is 0 Å². The Morgan fingerprint density at radius 2 is 1.92 bits per heavy atom. The number of hydrogen-bond acceptors (Lipinski definition) is 4. The molecule has 1 N–H and O–H groups in total. The molecule has 2 aromatic carbocycles. The van der Waals surface area contributed by atoms with Crippen molar-refractivity contribution in [1.29, 1.82) is 0 Å². The summed E-state index contributed by atoms with van der Waals surface area (Å²) in [6.07, 6.45) is 2.60. The van der Waals surface area contributed by atoms with E-state index in [9.17, 15) is 4.79 Å². The van der Waals surface area contributed by atoms with Crippen LogP contribution in [0, 0.1) is 0 Å². The minimum absolute atomic E-state index is 0.00691. The van der Waals surface area contributed by atoms with Crippen LogP contribution >= 0.6 is 11.5 Å². The maximum atomic E-state index is 12.4. The third-order valence-corrected chi connectivity index (χ3v) is 5.02. The lowest BCUT2D eigenvalue weighted by molar-refractivity contribution is -0.116. The topological polar surface area (TPSA) is 54.9 Å². The summed E-state index contributed by atoms with van der Waals surface area (Å²) in [7, 11) is 0. The highest BCUT2D eigenvalue weighted by Gasteiger charge is 2.24. The molecule has 1 aliphatic carbocycles. The molecule has 0 saturated heterocycles. The summed E-state index contributed by atoms with van der Waals surface area (Å²) in [5.41, 5.74) is 3.64. The summed E-state index contributed by atoms with van der Waals surface area (Å²) in [4.78, 5) is 16.8. The average Bonchev–Trinajstić information content (AvgIpc) is 3.23. The number of hydrogen-bond donors (Lipinski definition) is 1. The fraction of sp³-hybridized carbons (Fsp3) is 0.211. The molecule has 5 heteroatoms. The number of aryl methyl sites for hydroxylation is 1. The highest BCUT2D eigenvalue weighted by molar-refractivity contribution is 7.10. The van der Waals surface area contributed by atoms with Gasteiger partial charge in [0.25, 0.3) is 0 Å². The number of aromatic nitrogens is 2. The fourth-order valence-corrected chi connectivity index (χ4v) is 3.84. The third-order valence-electron chi connectivity index (χ3n) is 4.39. The summed E-state index contributed by atoms with van der Waals surface area (Å²) in [6.45, 7) is 0. The lowest BCUT2D eigenvalue weighted by atomic mass is 9.97. The van der Waals surface area contributed by atoms with E-state index in [1.54, 1.807) is 0 Å². The van der Waals surface area contributed by atoms with Crippen LogP contribution in [-0.4, -0.2) is 15.3 Å². The lowest BCUT2D eigenvalue weighted by Gasteiger charge is -2.10. The number of benzene rings is 2. The van der Waals surface area contributed by atoms with Gasteiger partial charge < -0.3 is 5.32 Å². The van der Waals surface area contributed by atoms with E-state index in [-0.39, 0.29) is 5.91 Å². The van der Waals surface area contributed by atoms with Crippen LogP contribution in [-0.2, 0) is 11.2 Å². The number of nitrogens with zero attached hydrogens (tertiary/aromatic N) is 2. The van der Waals surface area contributed by atoms with Gasteiger partial charge in [0.15, 0.2) is 5.82 Å². The normalized spacial score (nSPS) is 15.9. The fourth-order valence-electron chi connectivity index (χ4n) is 3.23. The van der Waals surface area contributed by atoms with E-state index >= 15 is 0 Å². The van der Waals surface area contributed by atoms with Crippen LogP contribution in [0.5, 0.6) is 0 Å². The first kappa shape index (κ1) is 15.0. The molecule has 1 atom stereocenters. The van der Waals surface area contributed by atoms with Gasteiger partial charge in [-0.25, -0.2) is 0 Å². The lowest BCUT2D eigenvalue weighted by Crippen LogP contribution is -2.14. The van der Waals surface area contributed by atoms with Gasteiger partial charge in [-0.15, -0.1) is 0 Å². The van der Waals surface area contributed by atoms with Crippen molar-refractivity contribution in [2.45, 2.75) is 25.2 Å². The van der Waals surface area contributed by atoms with Crippen molar-refractivity contribution in [2.24, 2.45) is 0 Å². The minimum atomic E-state index is 0.00691. The molecule has 120 valence electrons. The molecule has 1 heterocycles. The van der Waals surface area contributed by atoms with Gasteiger partial charge >= 0.3 is 0 Å². The predicted octanol–water partition coefficient (Wildman–Crippen LogP) is 4.26. The van der Waals surface area contributed by atoms with Crippen molar-refractivity contribution in [3.05, 3.63) is 65.7 Å². The summed E-state index contributed by atoms with van der Waals surface area (Å²) in [5, 5.41) is 3.46. The van der Waals surface area contributed by atoms with E-state index in [0.29, 0.717) is 23.3 Å². The number of carbonyl (C=O) groups is 1. The van der Waals surface area contributed by atoms with Gasteiger partial charge in [-0.1, -0.05) is 54.6 Å². The zero-order valence-electron chi connectivity index (χ0n) is 13.1. The number of nitrogens with one attached hydrogen (secondary N) is 1. The minimum Gasteiger partial charge on any atom is -0.301 e. The molecule has 1 unspecified atom stereocenters. The molecule has 4 nitrogen and oxygen atoms in total. The first-order valence-corrected chi connectivity index (χ1v) is 8.84. The predicted molar refractivity (Wildman–Crippen MR) is 96.1 cm³/mol. The first-order chi connectivity index (χ1) is 11.8. The van der Waals surface area contributed by atoms with Crippen LogP contribution in [0.1, 0.15) is 29.9 Å². The van der Waals surface area contributed by atoms with Crippen LogP contribution in [0.15, 0.2) is 54.6 Å². The van der Waals surface area contributed by atoms with Crippen molar-refractivity contribution in [1.82, 2.24) is 9.36 Å². The molecule has 1 aliphatic rings. The van der Waals surface area contributed by atoms with Gasteiger partial charge in [0.2, 0.25) is 11.0 Å². The summed E-state index contributed by atoms with van der Waals surface area (Å²) < 4.78 is 4.32. The molecule has 4 rings (SSSR count). The zero-order valence-corrected chi connectivity index (χ0v) is 13.9. The maximum Gasteiger partial charge on any atom is 0.226 e. The first-order valence-electron chi connectivity index (χ1n) is 8.06. The SMILES string of the molecule is O=C(CC1CCc2ccccc21)Nc1nc(-c2ccccc2)ns1. The van der Waals surface area contributed by atoms with Gasteiger partial charge in [0, 0.05) is 23.5 Å². The smallest absolute Gasteiger partial charge is 0.226 e. The van der Waals surface area contributed by atoms with Crippen LogP contribution in [0.3, 0.4) is 0 Å². The monoisotopic (exact) mass is 335 g/mol. The standard InChI is InChI=1S/C19H17N3OS/c23-17(12-15-11-10-13-6-4-5-9-16(13)15)20-19-21-18(22-24-19)14-7-2-1-3-8-14/h1-9,15H,10-12H2,(H,20,21,22,23). The second-order valence-electron chi connectivity index (χ2n) is 5.98. The quantitative estimate of drug-likeness (QED) is 0.775. The number of carbonyl (C=O) groups excluding carboxylic acids is 1. The molecule has 0 radical (unpaired) electrons. The van der Waals surface area contributed by atoms with Crippen molar-refractivity contribution >= 4 is 22.6 Å². The summed E-state index contributed by atoms with van der Waals surface area (Å²) in [5.74, 6) is 0.970. The van der Waals surface area contributed by atoms with Crippen molar-refractivity contribution < 1.29 is 4.79 Å². The van der Waals surface area contributed by atoms with Crippen molar-refractivity contribution in [3.8, 4) is 11.4 Å². The van der Waals surface area contributed by atoms with Crippen LogP contribution in [0.25, 0.3) is 11.4 Å². The van der Waals surface area contributed by atoms with E-state index in [2.05, 4.69) is 32.9 Å². The van der Waals surface area contributed by atoms with E-state index in [0.717, 1.165) is 18.4 Å². The molecule has 0 saturated carbocycles. The van der Waals surface area contributed by atoms with Crippen molar-refractivity contribution in [2.75, 3.05) is 5.32 Å². The second-order valence-corrected chi connectivity index (χ2v) is 6.73. The Balaban J connectivity index is 1.42. The Kier molecular flexibility index (Phi) is 4.09. The molecular formula is C19H17N3OS. The zero-order chi connectivity index (χ0) is 16.4. The van der Waals surface area contributed by atoms with Gasteiger partial charge in [-0.3, -0.25) is 4.79 Å². The highest BCUT2D eigenvalue weighted by atomic mass is 32.1. The molecule has 3 aromatic rings. The third kappa shape index (κ3) is 3.08. The highest BCUT2D eigenvalue weighted by Crippen LogP contribution is 2.35. The largest absolute Gasteiger partial charge is 0.301 e. The number of rotatable bonds is 4. The molecular weight excluding hydrogens is 318 g/mol. The Labute approximate surface area is 144 Å². The van der Waals surface area contributed by atoms with Gasteiger partial charge in [-0.2, -0.15) is 9.36 Å². The molecule has 0 aliphatic heterocycles. The van der Waals surface area contributed by atoms with Crippen LogP contribution < -0.4 is 5.32 Å². The van der Waals surface area contributed by atoms with Crippen molar-refractivity contribution in [3.63, 3.8) is 0 Å². The van der Waals surface area contributed by atoms with E-state index in [4.69, 9.17) is 0 Å². The molecule has 0 fully saturated rings. The molecule has 1 aromatic heterocycles. The molecule has 24 heavy (non-hydrogen) atoms. The van der Waals surface area contributed by atoms with Gasteiger partial charge in [0.05, 0.1) is 0 Å². The molecule has 0 spiro atoms. The van der Waals surface area contributed by atoms with E-state index in [1.807, 2.05) is 36.4 Å². The Bertz CT molecular complexity index is 860. The number of anilines is 1. The number of amides is 1. The Morgan fingerprint density at radius 1 is 1.12 bits per heavy atom. The second kappa shape index (κ2) is 6.53. The van der Waals surface area contributed by atoms with Crippen LogP contribution in [0.4, 0.5) is 5.13 Å². The summed E-state index contributed by atoms with van der Waals surface area (Å²) >= 11 is 1.22. The van der Waals surface area contributed by atoms with Gasteiger partial charge in [-0.05, 0) is 29.9 Å².